The Balaban J connectivity index is 0. The smallest absolute Gasteiger partial charge is 0.271 e. The van der Waals surface area contributed by atoms with E-state index >= 15 is 0 Å². The van der Waals surface area contributed by atoms with Crippen LogP contribution in [0.2, 0.25) is 0 Å². The molecule has 0 aliphatic rings. The molecule has 0 amide bonds. The summed E-state index contributed by atoms with van der Waals surface area (Å²) in [5, 5.41) is 0. The van der Waals surface area contributed by atoms with Crippen LogP contribution in [-0.2, 0) is 27.3 Å². The molecule has 0 heterocycles. The van der Waals surface area contributed by atoms with Gasteiger partial charge in [0.2, 0.25) is 0 Å². The van der Waals surface area contributed by atoms with E-state index < -0.39 is 3.92 Å². The molecule has 0 fully saturated rings. The average Bonchev–Trinajstić information content (AvgIpc) is 1.64. The fraction of sp³-hybridized carbons (Fsp3) is 1.00. The number of rotatable bonds is 1. The van der Waals surface area contributed by atoms with Gasteiger partial charge in [0, 0.05) is 0 Å². The van der Waals surface area contributed by atoms with Gasteiger partial charge in [-0.25, -0.2) is 0 Å². The normalized spacial score (nSPS) is 12.6. The van der Waals surface area contributed by atoms with E-state index in [4.69, 9.17) is 46.4 Å². The van der Waals surface area contributed by atoms with Crippen LogP contribution in [0.25, 0.3) is 0 Å². The maximum atomic E-state index is 5.54. The van der Waals surface area contributed by atoms with E-state index in [1.165, 1.54) is 0 Å². The van der Waals surface area contributed by atoms with Gasteiger partial charge in [0.05, 0.1) is 14.1 Å². The summed E-state index contributed by atoms with van der Waals surface area (Å²) in [6.07, 6.45) is 0. The van der Waals surface area contributed by atoms with Gasteiger partial charge in [-0.15, -0.1) is 0 Å². The predicted molar refractivity (Wildman–Crippen MR) is 43.1 cm³/mol. The standard InChI is InChI=1S/C4H8Cl4N.Cd/c1-9(2,3-5)4(6,7)8;/h3H2,1-2H3;/q+1;+2. The second-order valence-corrected chi connectivity index (χ2v) is 4.73. The molecule has 10 heavy (non-hydrogen) atoms. The van der Waals surface area contributed by atoms with Crippen molar-refractivity contribution in [3.63, 3.8) is 0 Å². The minimum absolute atomic E-state index is 0. The number of nitrogens with zero attached hydrogens (tertiary/aromatic N) is 1. The van der Waals surface area contributed by atoms with E-state index in [1.54, 1.807) is 14.1 Å². The minimum atomic E-state index is -1.33. The first kappa shape index (κ1) is 14.6. The zero-order valence-corrected chi connectivity index (χ0v) is 12.9. The summed E-state index contributed by atoms with van der Waals surface area (Å²) in [7, 11) is 3.47. The van der Waals surface area contributed by atoms with Crippen LogP contribution in [0, 0.1) is 0 Å². The van der Waals surface area contributed by atoms with E-state index in [-0.39, 0.29) is 37.8 Å². The average molecular weight is 324 g/mol. The summed E-state index contributed by atoms with van der Waals surface area (Å²) in [5.74, 6) is 0. The second kappa shape index (κ2) is 4.92. The Labute approximate surface area is 101 Å². The summed E-state index contributed by atoms with van der Waals surface area (Å²) in [5.41, 5.74) is 0. The number of hydrogen-bond acceptors (Lipinski definition) is 0. The van der Waals surface area contributed by atoms with Gasteiger partial charge in [0.15, 0.2) is 6.00 Å². The number of halogens is 4. The largest absolute Gasteiger partial charge is 2.00 e. The molecular weight excluding hydrogens is 316 g/mol. The van der Waals surface area contributed by atoms with Crippen molar-refractivity contribution in [2.45, 2.75) is 3.92 Å². The molecule has 0 N–H and O–H groups in total. The maximum Gasteiger partial charge on any atom is 2.00 e. The SMILES string of the molecule is C[N+](C)(CCl)C(Cl)(Cl)Cl.[Cd+2]. The van der Waals surface area contributed by atoms with Gasteiger partial charge in [-0.3, -0.25) is 4.48 Å². The van der Waals surface area contributed by atoms with Crippen LogP contribution < -0.4 is 0 Å². The molecule has 6 heteroatoms. The van der Waals surface area contributed by atoms with Crippen molar-refractivity contribution in [1.29, 1.82) is 0 Å². The van der Waals surface area contributed by atoms with Crippen LogP contribution in [-0.4, -0.2) is 28.5 Å². The molecule has 0 atom stereocenters. The van der Waals surface area contributed by atoms with Crippen LogP contribution in [0.1, 0.15) is 0 Å². The fourth-order valence-electron chi connectivity index (χ4n) is 0.0678. The molecule has 0 spiro atoms. The predicted octanol–water partition coefficient (Wildman–Crippen LogP) is 2.58. The summed E-state index contributed by atoms with van der Waals surface area (Å²) < 4.78 is -1.18. The summed E-state index contributed by atoms with van der Waals surface area (Å²) >= 11 is 22.1. The van der Waals surface area contributed by atoms with Gasteiger partial charge >= 0.3 is 31.2 Å². The number of quaternary nitrogens is 1. The van der Waals surface area contributed by atoms with E-state index in [1.807, 2.05) is 0 Å². The number of hydrogen-bond donors (Lipinski definition) is 0. The van der Waals surface area contributed by atoms with E-state index in [2.05, 4.69) is 0 Å². The van der Waals surface area contributed by atoms with E-state index in [9.17, 15) is 0 Å². The third-order valence-corrected chi connectivity index (χ3v) is 2.96. The molecule has 0 aromatic rings. The monoisotopic (exact) mass is 324 g/mol. The maximum absolute atomic E-state index is 5.54. The Morgan fingerprint density at radius 1 is 1.20 bits per heavy atom. The van der Waals surface area contributed by atoms with Gasteiger partial charge < -0.3 is 0 Å². The second-order valence-electron chi connectivity index (χ2n) is 2.27. The third kappa shape index (κ3) is 4.16. The molecule has 0 unspecified atom stereocenters. The van der Waals surface area contributed by atoms with Crippen LogP contribution in [0.4, 0.5) is 0 Å². The molecule has 0 rings (SSSR count). The van der Waals surface area contributed by atoms with Crippen LogP contribution >= 0.6 is 46.4 Å². The molecule has 0 aliphatic carbocycles. The molecule has 0 bridgehead atoms. The molecule has 0 radical (unpaired) electrons. The van der Waals surface area contributed by atoms with Gasteiger partial charge in [-0.05, 0) is 34.8 Å². The summed E-state index contributed by atoms with van der Waals surface area (Å²) in [6.45, 7) is 0. The Bertz CT molecular complexity index is 99.9. The van der Waals surface area contributed by atoms with Crippen molar-refractivity contribution in [2.75, 3.05) is 20.1 Å². The minimum Gasteiger partial charge on any atom is -0.271 e. The summed E-state index contributed by atoms with van der Waals surface area (Å²) in [6, 6.07) is 0.274. The van der Waals surface area contributed by atoms with Crippen molar-refractivity contribution in [1.82, 2.24) is 0 Å². The number of alkyl halides is 4. The first-order chi connectivity index (χ1) is 3.81. The van der Waals surface area contributed by atoms with Gasteiger partial charge in [0.1, 0.15) is 0 Å². The van der Waals surface area contributed by atoms with E-state index in [0.717, 1.165) is 0 Å². The van der Waals surface area contributed by atoms with Gasteiger partial charge in [-0.1, -0.05) is 11.6 Å². The molecule has 0 saturated carbocycles. The first-order valence-electron chi connectivity index (χ1n) is 2.27. The zero-order chi connectivity index (χ0) is 7.71. The molecular formula is C4H8CdCl4N+3. The van der Waals surface area contributed by atoms with Crippen molar-refractivity contribution < 1.29 is 31.8 Å². The van der Waals surface area contributed by atoms with Crippen molar-refractivity contribution in [3.05, 3.63) is 0 Å². The molecule has 0 aromatic carbocycles. The van der Waals surface area contributed by atoms with Crippen LogP contribution in [0.5, 0.6) is 0 Å². The van der Waals surface area contributed by atoms with Crippen molar-refractivity contribution in [2.24, 2.45) is 0 Å². The zero-order valence-electron chi connectivity index (χ0n) is 5.87. The fourth-order valence-corrected chi connectivity index (χ4v) is 0.610. The Kier molecular flexibility index (Phi) is 7.17. The first-order valence-corrected chi connectivity index (χ1v) is 3.94. The Morgan fingerprint density at radius 3 is 1.50 bits per heavy atom. The molecule has 1 nitrogen and oxygen atoms in total. The quantitative estimate of drug-likeness (QED) is 0.301. The van der Waals surface area contributed by atoms with Crippen molar-refractivity contribution >= 4 is 46.4 Å². The molecule has 0 aliphatic heterocycles. The van der Waals surface area contributed by atoms with Gasteiger partial charge in [0.25, 0.3) is 0 Å². The van der Waals surface area contributed by atoms with Crippen LogP contribution in [0.3, 0.4) is 0 Å². The Hall–Kier alpha value is 2.04. The topological polar surface area (TPSA) is 0 Å². The van der Waals surface area contributed by atoms with Gasteiger partial charge in [-0.2, -0.15) is 0 Å². The molecule has 56 valence electrons. The third-order valence-electron chi connectivity index (χ3n) is 0.985. The molecule has 0 saturated heterocycles. The van der Waals surface area contributed by atoms with Crippen molar-refractivity contribution in [3.8, 4) is 0 Å². The Morgan fingerprint density at radius 2 is 1.50 bits per heavy atom. The van der Waals surface area contributed by atoms with E-state index in [0.29, 0.717) is 0 Å². The molecule has 0 aromatic heterocycles. The summed E-state index contributed by atoms with van der Waals surface area (Å²) in [4.78, 5) is 0. The van der Waals surface area contributed by atoms with Crippen LogP contribution in [0.15, 0.2) is 0 Å².